The third-order valence-corrected chi connectivity index (χ3v) is 3.16. The average Bonchev–Trinajstić information content (AvgIpc) is 2.27. The van der Waals surface area contributed by atoms with Crippen LogP contribution in [0.15, 0.2) is 30.9 Å². The van der Waals surface area contributed by atoms with Gasteiger partial charge in [-0.1, -0.05) is 65.3 Å². The molecular weight excluding hydrogens is 204 g/mol. The highest BCUT2D eigenvalue weighted by atomic mass is 14.2. The average molecular weight is 229 g/mol. The van der Waals surface area contributed by atoms with Crippen LogP contribution in [0.5, 0.6) is 0 Å². The number of aryl methyl sites for hydroxylation is 1. The Labute approximate surface area is 107 Å². The van der Waals surface area contributed by atoms with Crippen LogP contribution in [0.1, 0.15) is 57.7 Å². The molecule has 1 rings (SSSR count). The standard InChI is InChI=1S/C17H25/c1-7-9-14-10-15(13(3)8-2)12-16(11-14)17(4,5)6/h8,10-12H,2,7,9H2,1,3-6H3. The van der Waals surface area contributed by atoms with Crippen LogP contribution in [0.2, 0.25) is 0 Å². The van der Waals surface area contributed by atoms with Gasteiger partial charge in [-0.05, 0) is 28.5 Å². The van der Waals surface area contributed by atoms with Crippen LogP contribution in [0, 0.1) is 5.92 Å². The molecule has 0 N–H and O–H groups in total. The summed E-state index contributed by atoms with van der Waals surface area (Å²) in [7, 11) is 0. The molecule has 0 heterocycles. The van der Waals surface area contributed by atoms with Gasteiger partial charge >= 0.3 is 0 Å². The third kappa shape index (κ3) is 3.73. The van der Waals surface area contributed by atoms with Crippen molar-refractivity contribution < 1.29 is 0 Å². The van der Waals surface area contributed by atoms with E-state index < -0.39 is 0 Å². The van der Waals surface area contributed by atoms with Crippen molar-refractivity contribution >= 4 is 0 Å². The van der Waals surface area contributed by atoms with Crippen LogP contribution in [-0.2, 0) is 11.8 Å². The van der Waals surface area contributed by atoms with Gasteiger partial charge < -0.3 is 0 Å². The summed E-state index contributed by atoms with van der Waals surface area (Å²) in [5, 5.41) is 0. The Bertz CT molecular complexity index is 380. The summed E-state index contributed by atoms with van der Waals surface area (Å²) in [4.78, 5) is 0. The van der Waals surface area contributed by atoms with Gasteiger partial charge in [-0.3, -0.25) is 0 Å². The number of allylic oxidation sites excluding steroid dienone is 1. The Hall–Kier alpha value is -1.04. The lowest BCUT2D eigenvalue weighted by Crippen LogP contribution is -2.12. The SMILES string of the molecule is C=C[C](C)c1cc(CCC)cc(C(C)(C)C)c1. The summed E-state index contributed by atoms with van der Waals surface area (Å²) in [6, 6.07) is 6.95. The molecule has 0 aliphatic carbocycles. The molecule has 0 spiro atoms. The van der Waals surface area contributed by atoms with Crippen LogP contribution in [0.3, 0.4) is 0 Å². The quantitative estimate of drug-likeness (QED) is 0.676. The first-order valence-electron chi connectivity index (χ1n) is 6.49. The number of rotatable bonds is 4. The minimum Gasteiger partial charge on any atom is -0.102 e. The van der Waals surface area contributed by atoms with E-state index in [4.69, 9.17) is 0 Å². The molecule has 0 heteroatoms. The number of hydrogen-bond donors (Lipinski definition) is 0. The van der Waals surface area contributed by atoms with Crippen molar-refractivity contribution in [2.45, 2.75) is 52.9 Å². The Morgan fingerprint density at radius 3 is 2.35 bits per heavy atom. The lowest BCUT2D eigenvalue weighted by molar-refractivity contribution is 0.588. The monoisotopic (exact) mass is 229 g/mol. The molecule has 17 heavy (non-hydrogen) atoms. The van der Waals surface area contributed by atoms with E-state index in [-0.39, 0.29) is 5.41 Å². The Morgan fingerprint density at radius 1 is 1.24 bits per heavy atom. The molecule has 1 aromatic rings. The van der Waals surface area contributed by atoms with Crippen LogP contribution in [0.25, 0.3) is 0 Å². The normalized spacial score (nSPS) is 11.9. The number of benzene rings is 1. The van der Waals surface area contributed by atoms with Gasteiger partial charge in [0.25, 0.3) is 0 Å². The Kier molecular flexibility index (Phi) is 4.56. The fraction of sp³-hybridized carbons (Fsp3) is 0.471. The largest absolute Gasteiger partial charge is 0.102 e. The fourth-order valence-electron chi connectivity index (χ4n) is 1.90. The molecule has 93 valence electrons. The van der Waals surface area contributed by atoms with Gasteiger partial charge in [0.15, 0.2) is 0 Å². The molecule has 0 bridgehead atoms. The van der Waals surface area contributed by atoms with Gasteiger partial charge in [0.1, 0.15) is 0 Å². The molecule has 0 fully saturated rings. The minimum atomic E-state index is 0.208. The molecule has 0 unspecified atom stereocenters. The van der Waals surface area contributed by atoms with E-state index in [0.29, 0.717) is 0 Å². The zero-order valence-corrected chi connectivity index (χ0v) is 11.9. The van der Waals surface area contributed by atoms with E-state index in [1.165, 1.54) is 29.0 Å². The Balaban J connectivity index is 3.23. The van der Waals surface area contributed by atoms with Crippen LogP contribution in [-0.4, -0.2) is 0 Å². The highest BCUT2D eigenvalue weighted by Gasteiger charge is 2.16. The van der Waals surface area contributed by atoms with E-state index in [2.05, 4.69) is 59.4 Å². The van der Waals surface area contributed by atoms with Crippen LogP contribution in [0.4, 0.5) is 0 Å². The first-order chi connectivity index (χ1) is 7.88. The summed E-state index contributed by atoms with van der Waals surface area (Å²) in [5.74, 6) is 1.26. The molecule has 0 aliphatic heterocycles. The van der Waals surface area contributed by atoms with Crippen molar-refractivity contribution in [2.24, 2.45) is 0 Å². The van der Waals surface area contributed by atoms with Gasteiger partial charge in [-0.2, -0.15) is 0 Å². The second-order valence-electron chi connectivity index (χ2n) is 5.81. The smallest absolute Gasteiger partial charge is 0.0230 e. The van der Waals surface area contributed by atoms with Crippen molar-refractivity contribution in [2.75, 3.05) is 0 Å². The van der Waals surface area contributed by atoms with E-state index in [1.54, 1.807) is 0 Å². The maximum atomic E-state index is 3.87. The molecule has 0 amide bonds. The lowest BCUT2D eigenvalue weighted by atomic mass is 9.83. The zero-order chi connectivity index (χ0) is 13.1. The molecule has 0 atom stereocenters. The Morgan fingerprint density at radius 2 is 1.88 bits per heavy atom. The molecule has 0 nitrogen and oxygen atoms in total. The van der Waals surface area contributed by atoms with E-state index in [1.807, 2.05) is 6.08 Å². The summed E-state index contributed by atoms with van der Waals surface area (Å²) < 4.78 is 0. The highest BCUT2D eigenvalue weighted by Crippen LogP contribution is 2.28. The maximum Gasteiger partial charge on any atom is 0.0230 e. The lowest BCUT2D eigenvalue weighted by Gasteiger charge is -2.22. The van der Waals surface area contributed by atoms with Crippen LogP contribution < -0.4 is 0 Å². The van der Waals surface area contributed by atoms with Crippen molar-refractivity contribution in [3.8, 4) is 0 Å². The minimum absolute atomic E-state index is 0.208. The van der Waals surface area contributed by atoms with Crippen LogP contribution >= 0.6 is 0 Å². The first-order valence-corrected chi connectivity index (χ1v) is 6.49. The molecule has 1 radical (unpaired) electrons. The van der Waals surface area contributed by atoms with Crippen molar-refractivity contribution in [3.05, 3.63) is 53.5 Å². The third-order valence-electron chi connectivity index (χ3n) is 3.16. The molecule has 1 aromatic carbocycles. The fourth-order valence-corrected chi connectivity index (χ4v) is 1.90. The van der Waals surface area contributed by atoms with Gasteiger partial charge in [-0.15, -0.1) is 6.58 Å². The molecule has 0 saturated carbocycles. The maximum absolute atomic E-state index is 3.87. The predicted octanol–water partition coefficient (Wildman–Crippen LogP) is 5.07. The molecule has 0 saturated heterocycles. The molecule has 0 aliphatic rings. The van der Waals surface area contributed by atoms with E-state index in [9.17, 15) is 0 Å². The second-order valence-corrected chi connectivity index (χ2v) is 5.81. The van der Waals surface area contributed by atoms with Gasteiger partial charge in [0.05, 0.1) is 0 Å². The van der Waals surface area contributed by atoms with Crippen molar-refractivity contribution in [3.63, 3.8) is 0 Å². The van der Waals surface area contributed by atoms with E-state index >= 15 is 0 Å². The summed E-state index contributed by atoms with van der Waals surface area (Å²) in [5.41, 5.74) is 4.38. The van der Waals surface area contributed by atoms with Crippen molar-refractivity contribution in [1.29, 1.82) is 0 Å². The number of hydrogen-bond acceptors (Lipinski definition) is 0. The summed E-state index contributed by atoms with van der Waals surface area (Å²) >= 11 is 0. The van der Waals surface area contributed by atoms with E-state index in [0.717, 1.165) is 6.42 Å². The summed E-state index contributed by atoms with van der Waals surface area (Å²) in [6.07, 6.45) is 4.29. The topological polar surface area (TPSA) is 0 Å². The summed E-state index contributed by atoms with van der Waals surface area (Å²) in [6.45, 7) is 15.0. The first kappa shape index (κ1) is 14.0. The predicted molar refractivity (Wildman–Crippen MR) is 77.4 cm³/mol. The zero-order valence-electron chi connectivity index (χ0n) is 11.9. The van der Waals surface area contributed by atoms with Gasteiger partial charge in [-0.25, -0.2) is 0 Å². The molecule has 0 aromatic heterocycles. The van der Waals surface area contributed by atoms with Gasteiger partial charge in [0.2, 0.25) is 0 Å². The van der Waals surface area contributed by atoms with Crippen molar-refractivity contribution in [1.82, 2.24) is 0 Å². The molecular formula is C17H25. The van der Waals surface area contributed by atoms with Gasteiger partial charge in [0, 0.05) is 5.92 Å². The second kappa shape index (κ2) is 5.53. The highest BCUT2D eigenvalue weighted by molar-refractivity contribution is 5.43.